The number of benzene rings is 1. The molecule has 0 unspecified atom stereocenters. The molecule has 5 heteroatoms. The highest BCUT2D eigenvalue weighted by Crippen LogP contribution is 2.37. The second-order valence-electron chi connectivity index (χ2n) is 4.80. The molecule has 0 radical (unpaired) electrons. The zero-order chi connectivity index (χ0) is 13.8. The lowest BCUT2D eigenvalue weighted by Crippen LogP contribution is -2.04. The van der Waals surface area contributed by atoms with Crippen LogP contribution in [-0.2, 0) is 0 Å². The molecule has 0 spiro atoms. The van der Waals surface area contributed by atoms with Crippen LogP contribution in [0.2, 0.25) is 0 Å². The second kappa shape index (κ2) is 5.96. The van der Waals surface area contributed by atoms with Crippen molar-refractivity contribution >= 4 is 16.6 Å². The average Bonchev–Trinajstić information content (AvgIpc) is 2.92. The second-order valence-corrected chi connectivity index (χ2v) is 4.80. The predicted molar refractivity (Wildman–Crippen MR) is 77.3 cm³/mol. The summed E-state index contributed by atoms with van der Waals surface area (Å²) in [6.07, 6.45) is 4.67. The topological polar surface area (TPSA) is 63.6 Å². The van der Waals surface area contributed by atoms with Gasteiger partial charge in [0.05, 0.1) is 0 Å². The first-order valence-electron chi connectivity index (χ1n) is 6.91. The molecular formula is C15H18N2O3. The molecule has 1 aromatic heterocycles. The van der Waals surface area contributed by atoms with Gasteiger partial charge in [-0.05, 0) is 42.8 Å². The third kappa shape index (κ3) is 2.63. The van der Waals surface area contributed by atoms with Gasteiger partial charge in [-0.3, -0.25) is 0 Å². The molecule has 1 aliphatic heterocycles. The number of ether oxygens (including phenoxy) is 2. The highest BCUT2D eigenvalue weighted by Gasteiger charge is 2.15. The molecule has 2 N–H and O–H groups in total. The molecule has 0 atom stereocenters. The van der Waals surface area contributed by atoms with Gasteiger partial charge in [0.1, 0.15) is 5.82 Å². The monoisotopic (exact) mass is 274 g/mol. The standard InChI is InChI=1S/C15H18N2O3/c18-7-3-1-2-5-16-15-12-9-14-13(19-10-20-14)8-11(12)4-6-17-15/h4,6,8-9,18H,1-3,5,7,10H2,(H,16,17). The van der Waals surface area contributed by atoms with Gasteiger partial charge in [-0.1, -0.05) is 0 Å². The maximum absolute atomic E-state index is 8.76. The fourth-order valence-electron chi connectivity index (χ4n) is 2.32. The molecule has 0 amide bonds. The van der Waals surface area contributed by atoms with Crippen molar-refractivity contribution in [1.82, 2.24) is 4.98 Å². The number of nitrogens with zero attached hydrogens (tertiary/aromatic N) is 1. The summed E-state index contributed by atoms with van der Waals surface area (Å²) in [5, 5.41) is 14.2. The van der Waals surface area contributed by atoms with Gasteiger partial charge in [0.25, 0.3) is 0 Å². The van der Waals surface area contributed by atoms with Crippen molar-refractivity contribution in [2.75, 3.05) is 25.3 Å². The minimum absolute atomic E-state index is 0.260. The fraction of sp³-hybridized carbons (Fsp3) is 0.400. The molecule has 0 bridgehead atoms. The first kappa shape index (κ1) is 13.0. The normalized spacial score (nSPS) is 12.8. The van der Waals surface area contributed by atoms with Gasteiger partial charge >= 0.3 is 0 Å². The van der Waals surface area contributed by atoms with E-state index in [9.17, 15) is 0 Å². The van der Waals surface area contributed by atoms with E-state index in [1.807, 2.05) is 18.2 Å². The van der Waals surface area contributed by atoms with Crippen molar-refractivity contribution < 1.29 is 14.6 Å². The molecule has 3 rings (SSSR count). The van der Waals surface area contributed by atoms with Crippen molar-refractivity contribution in [1.29, 1.82) is 0 Å². The summed E-state index contributed by atoms with van der Waals surface area (Å²) >= 11 is 0. The Bertz CT molecular complexity index is 601. The minimum Gasteiger partial charge on any atom is -0.454 e. The minimum atomic E-state index is 0.260. The average molecular weight is 274 g/mol. The van der Waals surface area contributed by atoms with Crippen LogP contribution in [0.4, 0.5) is 5.82 Å². The van der Waals surface area contributed by atoms with Crippen LogP contribution in [0, 0.1) is 0 Å². The van der Waals surface area contributed by atoms with E-state index in [4.69, 9.17) is 14.6 Å². The smallest absolute Gasteiger partial charge is 0.231 e. The third-order valence-electron chi connectivity index (χ3n) is 3.38. The Kier molecular flexibility index (Phi) is 3.87. The predicted octanol–water partition coefficient (Wildman–Crippen LogP) is 2.54. The van der Waals surface area contributed by atoms with Gasteiger partial charge in [0, 0.05) is 24.7 Å². The van der Waals surface area contributed by atoms with E-state index in [2.05, 4.69) is 10.3 Å². The Morgan fingerprint density at radius 1 is 1.15 bits per heavy atom. The summed E-state index contributed by atoms with van der Waals surface area (Å²) in [7, 11) is 0. The van der Waals surface area contributed by atoms with Crippen LogP contribution < -0.4 is 14.8 Å². The Morgan fingerprint density at radius 2 is 2.00 bits per heavy atom. The fourth-order valence-corrected chi connectivity index (χ4v) is 2.32. The molecule has 2 heterocycles. The lowest BCUT2D eigenvalue weighted by atomic mass is 10.1. The van der Waals surface area contributed by atoms with Crippen LogP contribution in [0.1, 0.15) is 19.3 Å². The van der Waals surface area contributed by atoms with Crippen LogP contribution in [0.5, 0.6) is 11.5 Å². The van der Waals surface area contributed by atoms with Crippen molar-refractivity contribution in [3.8, 4) is 11.5 Å². The highest BCUT2D eigenvalue weighted by atomic mass is 16.7. The van der Waals surface area contributed by atoms with Crippen LogP contribution in [0.15, 0.2) is 24.4 Å². The summed E-state index contributed by atoms with van der Waals surface area (Å²) in [6, 6.07) is 5.92. The number of fused-ring (bicyclic) bond motifs is 2. The molecular weight excluding hydrogens is 256 g/mol. The van der Waals surface area contributed by atoms with Crippen molar-refractivity contribution in [2.45, 2.75) is 19.3 Å². The van der Waals surface area contributed by atoms with E-state index in [-0.39, 0.29) is 13.4 Å². The maximum Gasteiger partial charge on any atom is 0.231 e. The summed E-state index contributed by atoms with van der Waals surface area (Å²) in [4.78, 5) is 4.39. The van der Waals surface area contributed by atoms with Crippen molar-refractivity contribution in [2.24, 2.45) is 0 Å². The molecule has 0 fully saturated rings. The number of anilines is 1. The molecule has 0 saturated carbocycles. The molecule has 1 aliphatic rings. The lowest BCUT2D eigenvalue weighted by Gasteiger charge is -2.09. The number of pyridine rings is 1. The first-order chi connectivity index (χ1) is 9.88. The number of aliphatic hydroxyl groups is 1. The quantitative estimate of drug-likeness (QED) is 0.793. The van der Waals surface area contributed by atoms with Gasteiger partial charge < -0.3 is 19.9 Å². The largest absolute Gasteiger partial charge is 0.454 e. The molecule has 5 nitrogen and oxygen atoms in total. The van der Waals surface area contributed by atoms with Gasteiger partial charge in [0.15, 0.2) is 11.5 Å². The van der Waals surface area contributed by atoms with Crippen LogP contribution in [-0.4, -0.2) is 30.0 Å². The van der Waals surface area contributed by atoms with E-state index in [1.54, 1.807) is 6.20 Å². The number of aromatic nitrogens is 1. The Balaban J connectivity index is 1.77. The number of rotatable bonds is 6. The summed E-state index contributed by atoms with van der Waals surface area (Å²) in [5.74, 6) is 2.43. The molecule has 0 saturated heterocycles. The number of unbranched alkanes of at least 4 members (excludes halogenated alkanes) is 2. The van der Waals surface area contributed by atoms with E-state index < -0.39 is 0 Å². The van der Waals surface area contributed by atoms with Gasteiger partial charge in [-0.15, -0.1) is 0 Å². The zero-order valence-corrected chi connectivity index (χ0v) is 11.3. The maximum atomic E-state index is 8.76. The van der Waals surface area contributed by atoms with Gasteiger partial charge in [-0.25, -0.2) is 4.98 Å². The molecule has 2 aromatic rings. The molecule has 0 aliphatic carbocycles. The van der Waals surface area contributed by atoms with Crippen LogP contribution in [0.25, 0.3) is 10.8 Å². The molecule has 20 heavy (non-hydrogen) atoms. The number of hydrogen-bond acceptors (Lipinski definition) is 5. The lowest BCUT2D eigenvalue weighted by molar-refractivity contribution is 0.174. The third-order valence-corrected chi connectivity index (χ3v) is 3.38. The van der Waals surface area contributed by atoms with Crippen molar-refractivity contribution in [3.05, 3.63) is 24.4 Å². The molecule has 106 valence electrons. The van der Waals surface area contributed by atoms with Crippen LogP contribution >= 0.6 is 0 Å². The van der Waals surface area contributed by atoms with E-state index in [1.165, 1.54) is 0 Å². The highest BCUT2D eigenvalue weighted by molar-refractivity contribution is 5.94. The van der Waals surface area contributed by atoms with Crippen LogP contribution in [0.3, 0.4) is 0 Å². The SMILES string of the molecule is OCCCCCNc1nccc2cc3c(cc12)OCO3. The Labute approximate surface area is 117 Å². The van der Waals surface area contributed by atoms with Crippen molar-refractivity contribution in [3.63, 3.8) is 0 Å². The van der Waals surface area contributed by atoms with E-state index >= 15 is 0 Å². The number of hydrogen-bond donors (Lipinski definition) is 2. The zero-order valence-electron chi connectivity index (χ0n) is 11.3. The van der Waals surface area contributed by atoms with E-state index in [0.29, 0.717) is 0 Å². The Morgan fingerprint density at radius 3 is 2.85 bits per heavy atom. The first-order valence-corrected chi connectivity index (χ1v) is 6.91. The van der Waals surface area contributed by atoms with Gasteiger partial charge in [0.2, 0.25) is 6.79 Å². The van der Waals surface area contributed by atoms with E-state index in [0.717, 1.165) is 53.9 Å². The van der Waals surface area contributed by atoms with Gasteiger partial charge in [-0.2, -0.15) is 0 Å². The summed E-state index contributed by atoms with van der Waals surface area (Å²) < 4.78 is 10.8. The summed E-state index contributed by atoms with van der Waals surface area (Å²) in [5.41, 5.74) is 0. The Hall–Kier alpha value is -2.01. The number of aliphatic hydroxyl groups excluding tert-OH is 1. The summed E-state index contributed by atoms with van der Waals surface area (Å²) in [6.45, 7) is 1.39. The number of nitrogens with one attached hydrogen (secondary N) is 1. The molecule has 1 aromatic carbocycles.